The first-order valence-corrected chi connectivity index (χ1v) is 7.62. The third-order valence-electron chi connectivity index (χ3n) is 3.94. The van der Waals surface area contributed by atoms with Crippen molar-refractivity contribution in [3.8, 4) is 11.1 Å². The first-order valence-electron chi connectivity index (χ1n) is 7.62. The maximum atomic E-state index is 12.4. The van der Waals surface area contributed by atoms with Crippen molar-refractivity contribution in [3.05, 3.63) is 75.5 Å². The van der Waals surface area contributed by atoms with E-state index in [0.29, 0.717) is 6.54 Å². The Morgan fingerprint density at radius 3 is 2.58 bits per heavy atom. The van der Waals surface area contributed by atoms with E-state index in [0.717, 1.165) is 28.1 Å². The fourth-order valence-electron chi connectivity index (χ4n) is 2.53. The summed E-state index contributed by atoms with van der Waals surface area (Å²) < 4.78 is 0. The van der Waals surface area contributed by atoms with Gasteiger partial charge in [-0.2, -0.15) is 5.10 Å². The van der Waals surface area contributed by atoms with Gasteiger partial charge in [0.1, 0.15) is 5.56 Å². The summed E-state index contributed by atoms with van der Waals surface area (Å²) in [5.41, 5.74) is 3.99. The zero-order valence-electron chi connectivity index (χ0n) is 13.5. The molecule has 2 aromatic heterocycles. The molecule has 0 aliphatic carbocycles. The molecule has 3 rings (SSSR count). The highest BCUT2D eigenvalue weighted by atomic mass is 16.2. The Morgan fingerprint density at radius 2 is 1.92 bits per heavy atom. The monoisotopic (exact) mass is 322 g/mol. The molecule has 0 saturated heterocycles. The van der Waals surface area contributed by atoms with E-state index in [-0.39, 0.29) is 5.56 Å². The van der Waals surface area contributed by atoms with Gasteiger partial charge in [-0.1, -0.05) is 30.3 Å². The molecule has 0 aliphatic heterocycles. The number of nitrogens with one attached hydrogen (secondary N) is 3. The number of aryl methyl sites for hydroxylation is 2. The van der Waals surface area contributed by atoms with Crippen LogP contribution in [0, 0.1) is 13.8 Å². The Labute approximate surface area is 138 Å². The number of rotatable bonds is 4. The Kier molecular flexibility index (Phi) is 4.29. The molecule has 6 nitrogen and oxygen atoms in total. The average Bonchev–Trinajstić information content (AvgIpc) is 2.98. The van der Waals surface area contributed by atoms with Crippen LogP contribution >= 0.6 is 0 Å². The standard InChI is InChI=1S/C18H18N4O2/c1-11-14(10-20-22-11)9-19-17(23)16-8-15(12(2)21-18(16)24)13-6-4-3-5-7-13/h3-8,10H,9H2,1-2H3,(H,19,23)(H,20,22)(H,21,24). The molecule has 0 fully saturated rings. The minimum atomic E-state index is -0.408. The van der Waals surface area contributed by atoms with Crippen LogP contribution in [-0.2, 0) is 6.54 Å². The first kappa shape index (κ1) is 15.7. The molecule has 1 amide bonds. The number of aromatic nitrogens is 3. The Balaban J connectivity index is 1.89. The molecule has 6 heteroatoms. The van der Waals surface area contributed by atoms with Gasteiger partial charge in [0, 0.05) is 29.1 Å². The molecule has 3 aromatic rings. The lowest BCUT2D eigenvalue weighted by Gasteiger charge is -2.09. The number of pyridine rings is 1. The van der Waals surface area contributed by atoms with Gasteiger partial charge in [-0.05, 0) is 25.5 Å². The summed E-state index contributed by atoms with van der Waals surface area (Å²) in [7, 11) is 0. The lowest BCUT2D eigenvalue weighted by molar-refractivity contribution is 0.0949. The van der Waals surface area contributed by atoms with Crippen LogP contribution in [0.15, 0.2) is 47.4 Å². The second kappa shape index (κ2) is 6.54. The number of carbonyl (C=O) groups excluding carboxylic acids is 1. The van der Waals surface area contributed by atoms with E-state index >= 15 is 0 Å². The van der Waals surface area contributed by atoms with Crippen LogP contribution in [0.3, 0.4) is 0 Å². The minimum Gasteiger partial charge on any atom is -0.348 e. The maximum Gasteiger partial charge on any atom is 0.261 e. The van der Waals surface area contributed by atoms with Crippen molar-refractivity contribution in [3.63, 3.8) is 0 Å². The van der Waals surface area contributed by atoms with Crippen molar-refractivity contribution in [1.29, 1.82) is 0 Å². The predicted octanol–water partition coefficient (Wildman–Crippen LogP) is 2.31. The first-order chi connectivity index (χ1) is 11.6. The van der Waals surface area contributed by atoms with Gasteiger partial charge in [0.15, 0.2) is 0 Å². The number of nitrogens with zero attached hydrogens (tertiary/aromatic N) is 1. The van der Waals surface area contributed by atoms with E-state index in [1.807, 2.05) is 44.2 Å². The summed E-state index contributed by atoms with van der Waals surface area (Å²) >= 11 is 0. The van der Waals surface area contributed by atoms with E-state index in [2.05, 4.69) is 20.5 Å². The molecule has 0 atom stereocenters. The fraction of sp³-hybridized carbons (Fsp3) is 0.167. The van der Waals surface area contributed by atoms with Crippen molar-refractivity contribution < 1.29 is 4.79 Å². The van der Waals surface area contributed by atoms with E-state index in [1.54, 1.807) is 12.3 Å². The van der Waals surface area contributed by atoms with E-state index < -0.39 is 11.5 Å². The summed E-state index contributed by atoms with van der Waals surface area (Å²) in [6.45, 7) is 4.01. The highest BCUT2D eigenvalue weighted by molar-refractivity contribution is 5.95. The summed E-state index contributed by atoms with van der Waals surface area (Å²) in [6, 6.07) is 11.3. The molecule has 1 aromatic carbocycles. The molecule has 0 aliphatic rings. The van der Waals surface area contributed by atoms with Gasteiger partial charge in [-0.25, -0.2) is 0 Å². The van der Waals surface area contributed by atoms with Crippen LogP contribution in [-0.4, -0.2) is 21.1 Å². The van der Waals surface area contributed by atoms with Gasteiger partial charge in [-0.15, -0.1) is 0 Å². The average molecular weight is 322 g/mol. The van der Waals surface area contributed by atoms with Gasteiger partial charge in [0.2, 0.25) is 0 Å². The quantitative estimate of drug-likeness (QED) is 0.688. The van der Waals surface area contributed by atoms with Crippen molar-refractivity contribution >= 4 is 5.91 Å². The Morgan fingerprint density at radius 1 is 1.17 bits per heavy atom. The van der Waals surface area contributed by atoms with Gasteiger partial charge < -0.3 is 10.3 Å². The number of carbonyl (C=O) groups is 1. The molecular weight excluding hydrogens is 304 g/mol. The molecule has 24 heavy (non-hydrogen) atoms. The summed E-state index contributed by atoms with van der Waals surface area (Å²) in [5, 5.41) is 9.49. The summed E-state index contributed by atoms with van der Waals surface area (Å²) in [4.78, 5) is 27.3. The maximum absolute atomic E-state index is 12.4. The fourth-order valence-corrected chi connectivity index (χ4v) is 2.53. The number of benzene rings is 1. The molecule has 0 unspecified atom stereocenters. The topological polar surface area (TPSA) is 90.6 Å². The number of amides is 1. The smallest absolute Gasteiger partial charge is 0.261 e. The zero-order chi connectivity index (χ0) is 17.1. The van der Waals surface area contributed by atoms with Crippen LogP contribution in [0.5, 0.6) is 0 Å². The van der Waals surface area contributed by atoms with Crippen LogP contribution in [0.4, 0.5) is 0 Å². The predicted molar refractivity (Wildman–Crippen MR) is 91.7 cm³/mol. The number of H-pyrrole nitrogens is 2. The highest BCUT2D eigenvalue weighted by Crippen LogP contribution is 2.21. The van der Waals surface area contributed by atoms with Crippen molar-refractivity contribution in [1.82, 2.24) is 20.5 Å². The molecule has 0 spiro atoms. The SMILES string of the molecule is Cc1[nH]ncc1CNC(=O)c1cc(-c2ccccc2)c(C)[nH]c1=O. The Bertz CT molecular complexity index is 926. The second-order valence-corrected chi connectivity index (χ2v) is 5.62. The van der Waals surface area contributed by atoms with Crippen molar-refractivity contribution in [2.24, 2.45) is 0 Å². The lowest BCUT2D eigenvalue weighted by Crippen LogP contribution is -2.29. The third kappa shape index (κ3) is 3.12. The zero-order valence-corrected chi connectivity index (χ0v) is 13.5. The minimum absolute atomic E-state index is 0.0978. The largest absolute Gasteiger partial charge is 0.348 e. The lowest BCUT2D eigenvalue weighted by atomic mass is 10.0. The molecule has 122 valence electrons. The summed E-state index contributed by atoms with van der Waals surface area (Å²) in [5.74, 6) is -0.408. The molecule has 0 radical (unpaired) electrons. The highest BCUT2D eigenvalue weighted by Gasteiger charge is 2.14. The van der Waals surface area contributed by atoms with E-state index in [9.17, 15) is 9.59 Å². The number of aromatic amines is 2. The third-order valence-corrected chi connectivity index (χ3v) is 3.94. The van der Waals surface area contributed by atoms with Crippen LogP contribution in [0.2, 0.25) is 0 Å². The van der Waals surface area contributed by atoms with Gasteiger partial charge in [0.25, 0.3) is 11.5 Å². The van der Waals surface area contributed by atoms with Gasteiger partial charge in [0.05, 0.1) is 6.20 Å². The second-order valence-electron chi connectivity index (χ2n) is 5.62. The van der Waals surface area contributed by atoms with E-state index in [4.69, 9.17) is 0 Å². The van der Waals surface area contributed by atoms with Crippen LogP contribution in [0.1, 0.15) is 27.3 Å². The molecule has 0 saturated carbocycles. The normalized spacial score (nSPS) is 10.6. The number of hydrogen-bond donors (Lipinski definition) is 3. The summed E-state index contributed by atoms with van der Waals surface area (Å²) in [6.07, 6.45) is 1.66. The van der Waals surface area contributed by atoms with Gasteiger partial charge in [-0.3, -0.25) is 14.7 Å². The van der Waals surface area contributed by atoms with Gasteiger partial charge >= 0.3 is 0 Å². The molecular formula is C18H18N4O2. The van der Waals surface area contributed by atoms with Crippen LogP contribution < -0.4 is 10.9 Å². The van der Waals surface area contributed by atoms with Crippen molar-refractivity contribution in [2.45, 2.75) is 20.4 Å². The van der Waals surface area contributed by atoms with E-state index in [1.165, 1.54) is 0 Å². The molecule has 2 heterocycles. The number of hydrogen-bond acceptors (Lipinski definition) is 3. The Hall–Kier alpha value is -3.15. The molecule has 0 bridgehead atoms. The van der Waals surface area contributed by atoms with Crippen molar-refractivity contribution in [2.75, 3.05) is 0 Å². The van der Waals surface area contributed by atoms with Crippen LogP contribution in [0.25, 0.3) is 11.1 Å². The molecule has 3 N–H and O–H groups in total.